The summed E-state index contributed by atoms with van der Waals surface area (Å²) in [5.74, 6) is -2.54. The zero-order valence-electron chi connectivity index (χ0n) is 11.9. The van der Waals surface area contributed by atoms with Crippen LogP contribution in [0.25, 0.3) is 11.3 Å². The van der Waals surface area contributed by atoms with Crippen LogP contribution in [-0.4, -0.2) is 9.97 Å². The fourth-order valence-corrected chi connectivity index (χ4v) is 2.25. The third kappa shape index (κ3) is 3.01. The Bertz CT molecular complexity index is 845. The summed E-state index contributed by atoms with van der Waals surface area (Å²) in [5, 5.41) is 0. The molecule has 116 valence electrons. The van der Waals surface area contributed by atoms with Crippen molar-refractivity contribution in [3.8, 4) is 11.3 Å². The highest BCUT2D eigenvalue weighted by Gasteiger charge is 2.17. The molecule has 2 N–H and O–H groups in total. The summed E-state index contributed by atoms with van der Waals surface area (Å²) in [7, 11) is 0. The molecule has 0 saturated heterocycles. The molecule has 0 radical (unpaired) electrons. The van der Waals surface area contributed by atoms with Gasteiger partial charge in [0.15, 0.2) is 0 Å². The van der Waals surface area contributed by atoms with Gasteiger partial charge in [0.2, 0.25) is 0 Å². The van der Waals surface area contributed by atoms with E-state index in [1.165, 1.54) is 12.1 Å². The fraction of sp³-hybridized carbons (Fsp3) is 0.0588. The standard InChI is InChI=1S/C17H12F3N3/c18-11-3-1-4-12(19)16(11)17-13(20)7-6-10(23-17)9-15-14(21)5-2-8-22-15/h1-8H,9,21H2. The van der Waals surface area contributed by atoms with Crippen LogP contribution in [0.5, 0.6) is 0 Å². The van der Waals surface area contributed by atoms with Crippen molar-refractivity contribution >= 4 is 5.69 Å². The van der Waals surface area contributed by atoms with Crippen LogP contribution < -0.4 is 5.73 Å². The van der Waals surface area contributed by atoms with E-state index in [4.69, 9.17) is 5.73 Å². The van der Waals surface area contributed by atoms with Crippen molar-refractivity contribution in [2.45, 2.75) is 6.42 Å². The number of nitrogen functional groups attached to an aromatic ring is 1. The normalized spacial score (nSPS) is 10.7. The van der Waals surface area contributed by atoms with Crippen LogP contribution in [-0.2, 0) is 6.42 Å². The zero-order chi connectivity index (χ0) is 16.4. The van der Waals surface area contributed by atoms with Crippen LogP contribution in [0.1, 0.15) is 11.4 Å². The van der Waals surface area contributed by atoms with E-state index in [-0.39, 0.29) is 12.1 Å². The summed E-state index contributed by atoms with van der Waals surface area (Å²) >= 11 is 0. The van der Waals surface area contributed by atoms with E-state index < -0.39 is 23.0 Å². The van der Waals surface area contributed by atoms with E-state index >= 15 is 0 Å². The molecule has 3 nitrogen and oxygen atoms in total. The smallest absolute Gasteiger partial charge is 0.149 e. The van der Waals surface area contributed by atoms with Gasteiger partial charge in [0.1, 0.15) is 23.1 Å². The number of nitrogens with zero attached hydrogens (tertiary/aromatic N) is 2. The monoisotopic (exact) mass is 315 g/mol. The van der Waals surface area contributed by atoms with Crippen molar-refractivity contribution in [2.75, 3.05) is 5.73 Å². The summed E-state index contributed by atoms with van der Waals surface area (Å²) in [5.41, 5.74) is 6.40. The predicted octanol–water partition coefficient (Wildman–Crippen LogP) is 3.73. The van der Waals surface area contributed by atoms with E-state index in [1.807, 2.05) is 0 Å². The SMILES string of the molecule is Nc1cccnc1Cc1ccc(F)c(-c2c(F)cccc2F)n1. The molecule has 6 heteroatoms. The Kier molecular flexibility index (Phi) is 3.97. The van der Waals surface area contributed by atoms with Gasteiger partial charge in [0.05, 0.1) is 16.9 Å². The van der Waals surface area contributed by atoms with Gasteiger partial charge in [-0.3, -0.25) is 4.98 Å². The van der Waals surface area contributed by atoms with Crippen LogP contribution in [0.4, 0.5) is 18.9 Å². The molecule has 0 unspecified atom stereocenters. The summed E-state index contributed by atoms with van der Waals surface area (Å²) in [6.45, 7) is 0. The van der Waals surface area contributed by atoms with Crippen molar-refractivity contribution in [2.24, 2.45) is 0 Å². The van der Waals surface area contributed by atoms with Crippen molar-refractivity contribution < 1.29 is 13.2 Å². The summed E-state index contributed by atoms with van der Waals surface area (Å²) in [6, 6.07) is 9.27. The molecule has 0 atom stereocenters. The van der Waals surface area contributed by atoms with Crippen molar-refractivity contribution in [3.05, 3.63) is 77.5 Å². The van der Waals surface area contributed by atoms with E-state index in [0.717, 1.165) is 18.2 Å². The Labute approximate surface area is 130 Å². The maximum Gasteiger partial charge on any atom is 0.149 e. The third-order valence-electron chi connectivity index (χ3n) is 3.38. The highest BCUT2D eigenvalue weighted by atomic mass is 19.1. The highest BCUT2D eigenvalue weighted by molar-refractivity contribution is 5.61. The van der Waals surface area contributed by atoms with Gasteiger partial charge >= 0.3 is 0 Å². The minimum atomic E-state index is -0.870. The van der Waals surface area contributed by atoms with Crippen LogP contribution in [0, 0.1) is 17.5 Å². The molecule has 1 aromatic carbocycles. The first-order valence-electron chi connectivity index (χ1n) is 6.85. The lowest BCUT2D eigenvalue weighted by Crippen LogP contribution is -2.03. The van der Waals surface area contributed by atoms with Crippen LogP contribution in [0.15, 0.2) is 48.7 Å². The fourth-order valence-electron chi connectivity index (χ4n) is 2.25. The largest absolute Gasteiger partial charge is 0.397 e. The first-order valence-corrected chi connectivity index (χ1v) is 6.85. The molecule has 0 aliphatic heterocycles. The van der Waals surface area contributed by atoms with Gasteiger partial charge in [-0.1, -0.05) is 6.07 Å². The maximum absolute atomic E-state index is 14.0. The number of hydrogen-bond acceptors (Lipinski definition) is 3. The Morgan fingerprint density at radius 1 is 0.870 bits per heavy atom. The molecular weight excluding hydrogens is 303 g/mol. The first-order chi connectivity index (χ1) is 11.1. The van der Waals surface area contributed by atoms with E-state index in [9.17, 15) is 13.2 Å². The Morgan fingerprint density at radius 2 is 1.61 bits per heavy atom. The lowest BCUT2D eigenvalue weighted by Gasteiger charge is -2.09. The average Bonchev–Trinajstić information content (AvgIpc) is 2.52. The van der Waals surface area contributed by atoms with Crippen molar-refractivity contribution in [3.63, 3.8) is 0 Å². The molecule has 2 aromatic heterocycles. The van der Waals surface area contributed by atoms with Crippen LogP contribution in [0.2, 0.25) is 0 Å². The summed E-state index contributed by atoms with van der Waals surface area (Å²) in [6.07, 6.45) is 1.81. The van der Waals surface area contributed by atoms with E-state index in [2.05, 4.69) is 9.97 Å². The van der Waals surface area contributed by atoms with Gasteiger partial charge in [-0.2, -0.15) is 0 Å². The topological polar surface area (TPSA) is 51.8 Å². The first kappa shape index (κ1) is 15.0. The molecule has 0 amide bonds. The lowest BCUT2D eigenvalue weighted by molar-refractivity contribution is 0.578. The summed E-state index contributed by atoms with van der Waals surface area (Å²) < 4.78 is 41.7. The second-order valence-corrected chi connectivity index (χ2v) is 4.95. The van der Waals surface area contributed by atoms with Crippen LogP contribution in [0.3, 0.4) is 0 Å². The number of aromatic nitrogens is 2. The number of benzene rings is 1. The molecule has 3 aromatic rings. The molecule has 0 fully saturated rings. The molecule has 2 heterocycles. The van der Waals surface area contributed by atoms with Gasteiger partial charge < -0.3 is 5.73 Å². The lowest BCUT2D eigenvalue weighted by atomic mass is 10.1. The van der Waals surface area contributed by atoms with E-state index in [1.54, 1.807) is 18.3 Å². The van der Waals surface area contributed by atoms with Crippen molar-refractivity contribution in [1.29, 1.82) is 0 Å². The second-order valence-electron chi connectivity index (χ2n) is 4.95. The molecule has 0 bridgehead atoms. The molecule has 23 heavy (non-hydrogen) atoms. The molecular formula is C17H12F3N3. The number of pyridine rings is 2. The molecule has 0 aliphatic rings. The molecule has 0 aliphatic carbocycles. The quantitative estimate of drug-likeness (QED) is 0.801. The average molecular weight is 315 g/mol. The third-order valence-corrected chi connectivity index (χ3v) is 3.38. The zero-order valence-corrected chi connectivity index (χ0v) is 11.9. The summed E-state index contributed by atoms with van der Waals surface area (Å²) in [4.78, 5) is 8.18. The van der Waals surface area contributed by atoms with Gasteiger partial charge in [0, 0.05) is 18.3 Å². The molecule has 3 rings (SSSR count). The van der Waals surface area contributed by atoms with Gasteiger partial charge in [-0.15, -0.1) is 0 Å². The highest BCUT2D eigenvalue weighted by Crippen LogP contribution is 2.27. The molecule has 0 spiro atoms. The number of rotatable bonds is 3. The Balaban J connectivity index is 2.05. The number of hydrogen-bond donors (Lipinski definition) is 1. The van der Waals surface area contributed by atoms with Crippen molar-refractivity contribution in [1.82, 2.24) is 9.97 Å². The second kappa shape index (κ2) is 6.08. The van der Waals surface area contributed by atoms with Crippen LogP contribution >= 0.6 is 0 Å². The Hall–Kier alpha value is -2.89. The molecule has 0 saturated carbocycles. The minimum absolute atomic E-state index is 0.232. The van der Waals surface area contributed by atoms with Gasteiger partial charge in [-0.25, -0.2) is 18.2 Å². The minimum Gasteiger partial charge on any atom is -0.397 e. The maximum atomic E-state index is 14.0. The van der Waals surface area contributed by atoms with Gasteiger partial charge in [-0.05, 0) is 36.4 Å². The van der Waals surface area contributed by atoms with E-state index in [0.29, 0.717) is 17.1 Å². The number of anilines is 1. The number of nitrogens with two attached hydrogens (primary N) is 1. The Morgan fingerprint density at radius 3 is 2.30 bits per heavy atom. The van der Waals surface area contributed by atoms with Gasteiger partial charge in [0.25, 0.3) is 0 Å². The predicted molar refractivity (Wildman–Crippen MR) is 81.0 cm³/mol. The number of halogens is 3.